The largest absolute Gasteiger partial charge is 0.512 e. The maximum absolute atomic E-state index is 12.1. The Morgan fingerprint density at radius 1 is 1.25 bits per heavy atom. The molecule has 2 nitrogen and oxygen atoms in total. The van der Waals surface area contributed by atoms with E-state index in [-0.39, 0.29) is 30.3 Å². The molecule has 20 heavy (non-hydrogen) atoms. The molecule has 1 saturated carbocycles. The van der Waals surface area contributed by atoms with Crippen molar-refractivity contribution in [2.75, 3.05) is 0 Å². The third kappa shape index (κ3) is 6.99. The quantitative estimate of drug-likeness (QED) is 0.528. The fourth-order valence-corrected chi connectivity index (χ4v) is 3.04. The molecule has 0 spiro atoms. The van der Waals surface area contributed by atoms with Gasteiger partial charge in [0.15, 0.2) is 5.78 Å². The monoisotopic (exact) mass is 317 g/mol. The molecule has 0 saturated heterocycles. The van der Waals surface area contributed by atoms with Gasteiger partial charge in [-0.3, -0.25) is 4.79 Å². The Labute approximate surface area is 136 Å². The van der Waals surface area contributed by atoms with Crippen molar-refractivity contribution in [2.24, 2.45) is 17.8 Å². The number of aliphatic hydroxyl groups excluding tert-OH is 1. The molecule has 0 bridgehead atoms. The minimum Gasteiger partial charge on any atom is -0.512 e. The van der Waals surface area contributed by atoms with Crippen LogP contribution in [-0.4, -0.2) is 10.9 Å². The van der Waals surface area contributed by atoms with Crippen molar-refractivity contribution in [1.29, 1.82) is 0 Å². The maximum Gasteiger partial charge on any atom is 0.162 e. The fraction of sp³-hybridized carbons (Fsp3) is 0.824. The van der Waals surface area contributed by atoms with E-state index in [1.165, 1.54) is 12.5 Å². The summed E-state index contributed by atoms with van der Waals surface area (Å²) in [6.07, 6.45) is 10.0. The van der Waals surface area contributed by atoms with E-state index in [9.17, 15) is 9.90 Å². The Morgan fingerprint density at radius 2 is 1.85 bits per heavy atom. The maximum atomic E-state index is 12.1. The zero-order valence-electron chi connectivity index (χ0n) is 13.3. The summed E-state index contributed by atoms with van der Waals surface area (Å²) in [4.78, 5) is 12.1. The predicted molar refractivity (Wildman–Crippen MR) is 80.1 cm³/mol. The molecule has 0 aliphatic heterocycles. The number of hydrogen-bond acceptors (Lipinski definition) is 2. The summed E-state index contributed by atoms with van der Waals surface area (Å²) in [5, 5.41) is 10.0. The van der Waals surface area contributed by atoms with E-state index in [4.69, 9.17) is 0 Å². The van der Waals surface area contributed by atoms with Crippen molar-refractivity contribution in [2.45, 2.75) is 72.1 Å². The van der Waals surface area contributed by atoms with Gasteiger partial charge >= 0.3 is 0 Å². The summed E-state index contributed by atoms with van der Waals surface area (Å²) < 4.78 is 0. The van der Waals surface area contributed by atoms with E-state index in [0.717, 1.165) is 38.5 Å². The third-order valence-electron chi connectivity index (χ3n) is 4.39. The Kier molecular flexibility index (Phi) is 10.4. The number of ketones is 1. The number of hydrogen-bond donors (Lipinski definition) is 1. The minimum atomic E-state index is 0. The van der Waals surface area contributed by atoms with Crippen LogP contribution in [0.4, 0.5) is 0 Å². The van der Waals surface area contributed by atoms with Crippen LogP contribution in [0.1, 0.15) is 72.1 Å². The second kappa shape index (κ2) is 10.5. The van der Waals surface area contributed by atoms with E-state index in [1.807, 2.05) is 0 Å². The van der Waals surface area contributed by atoms with Crippen LogP contribution < -0.4 is 0 Å². The molecule has 0 aromatic carbocycles. The first-order valence-electron chi connectivity index (χ1n) is 7.98. The summed E-state index contributed by atoms with van der Waals surface area (Å²) in [6, 6.07) is 0. The van der Waals surface area contributed by atoms with Crippen molar-refractivity contribution in [3.63, 3.8) is 0 Å². The van der Waals surface area contributed by atoms with Crippen molar-refractivity contribution < 1.29 is 28.5 Å². The van der Waals surface area contributed by atoms with Crippen LogP contribution in [0.5, 0.6) is 0 Å². The van der Waals surface area contributed by atoms with E-state index in [1.54, 1.807) is 0 Å². The van der Waals surface area contributed by atoms with Gasteiger partial charge in [-0.25, -0.2) is 0 Å². The first kappa shape index (κ1) is 19.8. The van der Waals surface area contributed by atoms with Gasteiger partial charge < -0.3 is 5.11 Å². The average molecular weight is 317 g/mol. The molecule has 1 radical (unpaired) electrons. The van der Waals surface area contributed by atoms with Gasteiger partial charge in [0, 0.05) is 37.0 Å². The summed E-state index contributed by atoms with van der Waals surface area (Å²) >= 11 is 0. The van der Waals surface area contributed by atoms with Gasteiger partial charge in [-0.15, -0.1) is 0 Å². The molecule has 1 aliphatic rings. The zero-order valence-corrected chi connectivity index (χ0v) is 14.7. The molecule has 3 heteroatoms. The van der Waals surface area contributed by atoms with Gasteiger partial charge in [-0.05, 0) is 24.7 Å². The summed E-state index contributed by atoms with van der Waals surface area (Å²) in [5.41, 5.74) is 0. The average Bonchev–Trinajstić information content (AvgIpc) is 2.39. The summed E-state index contributed by atoms with van der Waals surface area (Å²) in [5.74, 6) is 1.65. The molecule has 0 aromatic rings. The van der Waals surface area contributed by atoms with Crippen LogP contribution >= 0.6 is 0 Å². The van der Waals surface area contributed by atoms with Crippen molar-refractivity contribution in [1.82, 2.24) is 0 Å². The number of carbonyl (C=O) groups is 1. The van der Waals surface area contributed by atoms with Crippen LogP contribution in [0.2, 0.25) is 0 Å². The molecular formula is C17H30O2V. The predicted octanol–water partition coefficient (Wildman–Crippen LogP) is 5.04. The van der Waals surface area contributed by atoms with Crippen molar-refractivity contribution >= 4 is 5.78 Å². The molecule has 0 heterocycles. The molecule has 0 amide bonds. The van der Waals surface area contributed by atoms with E-state index in [2.05, 4.69) is 20.8 Å². The summed E-state index contributed by atoms with van der Waals surface area (Å²) in [7, 11) is 0. The van der Waals surface area contributed by atoms with Crippen LogP contribution in [-0.2, 0) is 23.4 Å². The zero-order chi connectivity index (χ0) is 14.3. The second-order valence-electron chi connectivity index (χ2n) is 6.37. The van der Waals surface area contributed by atoms with E-state index < -0.39 is 0 Å². The number of rotatable bonds is 7. The van der Waals surface area contributed by atoms with Crippen LogP contribution in [0.15, 0.2) is 11.8 Å². The normalized spacial score (nSPS) is 18.7. The van der Waals surface area contributed by atoms with Gasteiger partial charge in [0.2, 0.25) is 0 Å². The third-order valence-corrected chi connectivity index (χ3v) is 4.39. The number of aliphatic hydroxyl groups is 1. The molecule has 1 atom stereocenters. The molecule has 1 rings (SSSR count). The van der Waals surface area contributed by atoms with Crippen molar-refractivity contribution in [3.05, 3.63) is 11.8 Å². The van der Waals surface area contributed by atoms with Gasteiger partial charge in [-0.2, -0.15) is 0 Å². The van der Waals surface area contributed by atoms with E-state index >= 15 is 0 Å². The molecule has 1 unspecified atom stereocenters. The molecule has 1 fully saturated rings. The van der Waals surface area contributed by atoms with Crippen LogP contribution in [0.25, 0.3) is 0 Å². The minimum absolute atomic E-state index is 0. The molecule has 1 aliphatic carbocycles. The smallest absolute Gasteiger partial charge is 0.162 e. The number of carbonyl (C=O) groups excluding carboxylic acids is 1. The second-order valence-corrected chi connectivity index (χ2v) is 6.37. The Hall–Kier alpha value is -0.206. The molecule has 1 N–H and O–H groups in total. The molecule has 115 valence electrons. The SMILES string of the molecule is CCCC(C/C(O)=C/C(=O)C1CCCCC1)C(C)C.[V]. The van der Waals surface area contributed by atoms with Crippen LogP contribution in [0, 0.1) is 17.8 Å². The molecular weight excluding hydrogens is 287 g/mol. The van der Waals surface area contributed by atoms with Gasteiger partial charge in [0.05, 0.1) is 5.76 Å². The van der Waals surface area contributed by atoms with E-state index in [0.29, 0.717) is 24.0 Å². The Balaban J connectivity index is 0.00000361. The Morgan fingerprint density at radius 3 is 2.35 bits per heavy atom. The molecule has 0 aromatic heterocycles. The fourth-order valence-electron chi connectivity index (χ4n) is 3.04. The Bertz CT molecular complexity index is 304. The van der Waals surface area contributed by atoms with Gasteiger partial charge in [-0.1, -0.05) is 52.9 Å². The summed E-state index contributed by atoms with van der Waals surface area (Å²) in [6.45, 7) is 6.55. The van der Waals surface area contributed by atoms with Crippen molar-refractivity contribution in [3.8, 4) is 0 Å². The van der Waals surface area contributed by atoms with Crippen LogP contribution in [0.3, 0.4) is 0 Å². The topological polar surface area (TPSA) is 37.3 Å². The standard InChI is InChI=1S/C17H30O2.V/c1-4-8-15(13(2)3)11-16(18)12-17(19)14-9-6-5-7-10-14;/h12-15,18H,4-11H2,1-3H3;/b16-12-;. The van der Waals surface area contributed by atoms with Gasteiger partial charge in [0.25, 0.3) is 0 Å². The van der Waals surface area contributed by atoms with Gasteiger partial charge in [0.1, 0.15) is 0 Å². The first-order valence-corrected chi connectivity index (χ1v) is 7.98. The number of allylic oxidation sites excluding steroid dienone is 2. The first-order chi connectivity index (χ1) is 9.04.